The molecule has 0 N–H and O–H groups in total. The number of nitrogens with zero attached hydrogens (tertiary/aromatic N) is 1. The maximum Gasteiger partial charge on any atom is 0.0200 e. The molecule has 0 saturated heterocycles. The van der Waals surface area contributed by atoms with E-state index in [9.17, 15) is 0 Å². The van der Waals surface area contributed by atoms with Crippen LogP contribution in [-0.2, 0) is 0 Å². The summed E-state index contributed by atoms with van der Waals surface area (Å²) in [5.74, 6) is 0.787. The fourth-order valence-corrected chi connectivity index (χ4v) is 1.38. The highest BCUT2D eigenvalue weighted by molar-refractivity contribution is 4.92. The molecule has 0 aromatic carbocycles. The van der Waals surface area contributed by atoms with E-state index in [2.05, 4.69) is 39.2 Å². The highest BCUT2D eigenvalue weighted by Crippen LogP contribution is 2.12. The molecule has 1 unspecified atom stereocenters. The van der Waals surface area contributed by atoms with Crippen molar-refractivity contribution in [2.45, 2.75) is 47.0 Å². The van der Waals surface area contributed by atoms with Gasteiger partial charge in [0, 0.05) is 18.8 Å². The molecular formula is C12H25N. The summed E-state index contributed by atoms with van der Waals surface area (Å²) in [4.78, 5) is 2.44. The molecule has 0 spiro atoms. The van der Waals surface area contributed by atoms with E-state index in [0.717, 1.165) is 18.9 Å². The number of rotatable bonds is 7. The molecule has 0 rings (SSSR count). The second-order valence-corrected chi connectivity index (χ2v) is 3.88. The normalized spacial score (nSPS) is 12.6. The summed E-state index contributed by atoms with van der Waals surface area (Å²) in [7, 11) is 0. The molecule has 0 amide bonds. The third kappa shape index (κ3) is 4.97. The zero-order valence-electron chi connectivity index (χ0n) is 9.77. The van der Waals surface area contributed by atoms with Crippen LogP contribution in [0.1, 0.15) is 47.0 Å². The molecule has 0 aromatic heterocycles. The van der Waals surface area contributed by atoms with Crippen LogP contribution in [-0.4, -0.2) is 18.0 Å². The summed E-state index contributed by atoms with van der Waals surface area (Å²) >= 11 is 0. The molecule has 0 aromatic rings. The largest absolute Gasteiger partial charge is 0.375 e. The van der Waals surface area contributed by atoms with Gasteiger partial charge >= 0.3 is 0 Å². The second-order valence-electron chi connectivity index (χ2n) is 3.88. The van der Waals surface area contributed by atoms with Gasteiger partial charge in [0.05, 0.1) is 0 Å². The Morgan fingerprint density at radius 1 is 1.31 bits per heavy atom. The van der Waals surface area contributed by atoms with E-state index in [4.69, 9.17) is 0 Å². The Morgan fingerprint density at radius 3 is 2.31 bits per heavy atom. The molecular weight excluding hydrogens is 158 g/mol. The monoisotopic (exact) mass is 183 g/mol. The molecule has 78 valence electrons. The Labute approximate surface area is 83.8 Å². The summed E-state index contributed by atoms with van der Waals surface area (Å²) in [6.07, 6.45) is 3.56. The smallest absolute Gasteiger partial charge is 0.0200 e. The van der Waals surface area contributed by atoms with E-state index in [1.807, 2.05) is 0 Å². The van der Waals surface area contributed by atoms with Crippen LogP contribution in [0.2, 0.25) is 0 Å². The topological polar surface area (TPSA) is 3.24 Å². The lowest BCUT2D eigenvalue weighted by Gasteiger charge is -2.28. The summed E-state index contributed by atoms with van der Waals surface area (Å²) in [6.45, 7) is 15.4. The molecule has 0 saturated carbocycles. The predicted octanol–water partition coefficient (Wildman–Crippen LogP) is 3.67. The third-order valence-electron chi connectivity index (χ3n) is 2.58. The van der Waals surface area contributed by atoms with E-state index in [1.54, 1.807) is 0 Å². The first-order valence-electron chi connectivity index (χ1n) is 5.58. The van der Waals surface area contributed by atoms with Crippen LogP contribution in [0.15, 0.2) is 12.3 Å². The molecule has 0 heterocycles. The fraction of sp³-hybridized carbons (Fsp3) is 0.833. The lowest BCUT2D eigenvalue weighted by molar-refractivity contribution is 0.285. The van der Waals surface area contributed by atoms with E-state index in [-0.39, 0.29) is 0 Å². The van der Waals surface area contributed by atoms with Crippen molar-refractivity contribution in [3.63, 3.8) is 0 Å². The van der Waals surface area contributed by atoms with Crippen molar-refractivity contribution in [3.05, 3.63) is 12.3 Å². The molecule has 0 radical (unpaired) electrons. The van der Waals surface area contributed by atoms with Gasteiger partial charge in [0.15, 0.2) is 0 Å². The minimum Gasteiger partial charge on any atom is -0.375 e. The number of hydrogen-bond donors (Lipinski definition) is 0. The Hall–Kier alpha value is -0.460. The van der Waals surface area contributed by atoms with Gasteiger partial charge in [-0.2, -0.15) is 0 Å². The van der Waals surface area contributed by atoms with E-state index in [1.165, 1.54) is 25.1 Å². The third-order valence-corrected chi connectivity index (χ3v) is 2.58. The fourth-order valence-electron chi connectivity index (χ4n) is 1.38. The molecule has 0 aliphatic rings. The number of allylic oxidation sites excluding steroid dienone is 1. The Bertz CT molecular complexity index is 140. The van der Waals surface area contributed by atoms with E-state index < -0.39 is 0 Å². The maximum absolute atomic E-state index is 4.11. The zero-order chi connectivity index (χ0) is 10.3. The molecule has 0 bridgehead atoms. The first-order valence-corrected chi connectivity index (χ1v) is 5.58. The van der Waals surface area contributed by atoms with E-state index in [0.29, 0.717) is 0 Å². The van der Waals surface area contributed by atoms with Gasteiger partial charge in [-0.05, 0) is 18.8 Å². The zero-order valence-corrected chi connectivity index (χ0v) is 9.77. The van der Waals surface area contributed by atoms with Gasteiger partial charge in [0.2, 0.25) is 0 Å². The number of hydrogen-bond acceptors (Lipinski definition) is 1. The van der Waals surface area contributed by atoms with Crippen molar-refractivity contribution in [2.24, 2.45) is 5.92 Å². The van der Waals surface area contributed by atoms with Crippen molar-refractivity contribution < 1.29 is 0 Å². The van der Waals surface area contributed by atoms with Crippen LogP contribution in [0.3, 0.4) is 0 Å². The van der Waals surface area contributed by atoms with Crippen LogP contribution in [0.4, 0.5) is 0 Å². The summed E-state index contributed by atoms with van der Waals surface area (Å²) in [5.41, 5.74) is 1.29. The lowest BCUT2D eigenvalue weighted by Crippen LogP contribution is -2.28. The Kier molecular flexibility index (Phi) is 6.75. The Balaban J connectivity index is 4.00. The standard InChI is InChI=1S/C12H25N/c1-6-9-13(12(5)8-3)10-11(4)7-2/h11H,5-10H2,1-4H3. The van der Waals surface area contributed by atoms with Crippen molar-refractivity contribution >= 4 is 0 Å². The predicted molar refractivity (Wildman–Crippen MR) is 60.8 cm³/mol. The lowest BCUT2D eigenvalue weighted by atomic mass is 10.1. The Morgan fingerprint density at radius 2 is 1.92 bits per heavy atom. The van der Waals surface area contributed by atoms with Gasteiger partial charge in [0.1, 0.15) is 0 Å². The minimum absolute atomic E-state index is 0.787. The highest BCUT2D eigenvalue weighted by atomic mass is 15.1. The van der Waals surface area contributed by atoms with Crippen LogP contribution < -0.4 is 0 Å². The summed E-state index contributed by atoms with van der Waals surface area (Å²) < 4.78 is 0. The van der Waals surface area contributed by atoms with Crippen molar-refractivity contribution in [1.29, 1.82) is 0 Å². The van der Waals surface area contributed by atoms with Gasteiger partial charge in [-0.15, -0.1) is 0 Å². The van der Waals surface area contributed by atoms with Crippen LogP contribution >= 0.6 is 0 Å². The quantitative estimate of drug-likeness (QED) is 0.582. The molecule has 0 aliphatic heterocycles. The molecule has 0 aliphatic carbocycles. The second kappa shape index (κ2) is 6.99. The first-order chi connectivity index (χ1) is 6.15. The van der Waals surface area contributed by atoms with Crippen molar-refractivity contribution in [3.8, 4) is 0 Å². The molecule has 13 heavy (non-hydrogen) atoms. The van der Waals surface area contributed by atoms with Gasteiger partial charge in [-0.25, -0.2) is 0 Å². The van der Waals surface area contributed by atoms with Gasteiger partial charge in [-0.3, -0.25) is 0 Å². The van der Waals surface area contributed by atoms with Gasteiger partial charge in [0.25, 0.3) is 0 Å². The van der Waals surface area contributed by atoms with Crippen LogP contribution in [0.25, 0.3) is 0 Å². The summed E-state index contributed by atoms with van der Waals surface area (Å²) in [5, 5.41) is 0. The summed E-state index contributed by atoms with van der Waals surface area (Å²) in [6, 6.07) is 0. The van der Waals surface area contributed by atoms with Crippen molar-refractivity contribution in [2.75, 3.05) is 13.1 Å². The molecule has 1 heteroatoms. The van der Waals surface area contributed by atoms with Gasteiger partial charge < -0.3 is 4.90 Å². The van der Waals surface area contributed by atoms with E-state index >= 15 is 0 Å². The highest BCUT2D eigenvalue weighted by Gasteiger charge is 2.08. The molecule has 1 nitrogen and oxygen atoms in total. The maximum atomic E-state index is 4.11. The molecule has 0 fully saturated rings. The first kappa shape index (κ1) is 12.5. The van der Waals surface area contributed by atoms with Crippen LogP contribution in [0, 0.1) is 5.92 Å². The average molecular weight is 183 g/mol. The SMILES string of the molecule is C=C(CC)N(CCC)CC(C)CC. The average Bonchev–Trinajstić information content (AvgIpc) is 2.15. The van der Waals surface area contributed by atoms with Gasteiger partial charge in [-0.1, -0.05) is 40.7 Å². The van der Waals surface area contributed by atoms with Crippen molar-refractivity contribution in [1.82, 2.24) is 4.90 Å². The van der Waals surface area contributed by atoms with Crippen LogP contribution in [0.5, 0.6) is 0 Å². The molecule has 1 atom stereocenters. The minimum atomic E-state index is 0.787.